The first-order chi connectivity index (χ1) is 15.8. The van der Waals surface area contributed by atoms with Gasteiger partial charge in [0, 0.05) is 17.3 Å². The van der Waals surface area contributed by atoms with Crippen molar-refractivity contribution in [3.05, 3.63) is 78.1 Å². The molecule has 7 nitrogen and oxygen atoms in total. The van der Waals surface area contributed by atoms with Gasteiger partial charge in [-0.05, 0) is 55.5 Å². The lowest BCUT2D eigenvalue weighted by Gasteiger charge is -2.20. The maximum Gasteiger partial charge on any atom is 0.333 e. The fraction of sp³-hybridized carbons (Fsp3) is 0.261. The molecule has 33 heavy (non-hydrogen) atoms. The molecule has 0 saturated heterocycles. The maximum atomic E-state index is 15.3. The van der Waals surface area contributed by atoms with Crippen LogP contribution in [0.1, 0.15) is 23.5 Å². The van der Waals surface area contributed by atoms with Gasteiger partial charge < -0.3 is 10.6 Å². The predicted octanol–water partition coefficient (Wildman–Crippen LogP) is 4.77. The second kappa shape index (κ2) is 6.60. The number of halogens is 3. The van der Waals surface area contributed by atoms with E-state index in [1.165, 1.54) is 10.9 Å². The normalized spacial score (nSPS) is 23.3. The third-order valence-corrected chi connectivity index (χ3v) is 6.51. The molecule has 168 valence electrons. The van der Waals surface area contributed by atoms with Crippen molar-refractivity contribution < 1.29 is 13.2 Å². The van der Waals surface area contributed by atoms with Crippen LogP contribution >= 0.6 is 0 Å². The Morgan fingerprint density at radius 3 is 2.61 bits per heavy atom. The molecule has 0 bridgehead atoms. The number of alkyl halides is 2. The van der Waals surface area contributed by atoms with E-state index in [9.17, 15) is 4.39 Å². The molecule has 6 rings (SSSR count). The summed E-state index contributed by atoms with van der Waals surface area (Å²) in [5.74, 6) is -3.10. The van der Waals surface area contributed by atoms with Crippen molar-refractivity contribution in [3.63, 3.8) is 0 Å². The minimum atomic E-state index is -3.54. The van der Waals surface area contributed by atoms with Crippen LogP contribution < -0.4 is 10.6 Å². The number of aromatic amines is 1. The highest BCUT2D eigenvalue weighted by molar-refractivity contribution is 5.77. The molecule has 3 heterocycles. The Morgan fingerprint density at radius 2 is 2.00 bits per heavy atom. The van der Waals surface area contributed by atoms with Gasteiger partial charge in [0.15, 0.2) is 11.6 Å². The Kier molecular flexibility index (Phi) is 3.96. The highest BCUT2D eigenvalue weighted by Gasteiger charge is 2.75. The summed E-state index contributed by atoms with van der Waals surface area (Å²) in [4.78, 5) is 4.16. The van der Waals surface area contributed by atoms with Gasteiger partial charge in [-0.2, -0.15) is 13.9 Å². The number of hydrogen-bond donors (Lipinski definition) is 3. The van der Waals surface area contributed by atoms with Crippen molar-refractivity contribution in [2.75, 3.05) is 10.6 Å². The molecule has 2 aliphatic carbocycles. The number of benzene rings is 1. The van der Waals surface area contributed by atoms with E-state index in [-0.39, 0.29) is 11.4 Å². The van der Waals surface area contributed by atoms with Crippen molar-refractivity contribution in [1.82, 2.24) is 24.8 Å². The van der Waals surface area contributed by atoms with Crippen LogP contribution in [0.2, 0.25) is 0 Å². The highest BCUT2D eigenvalue weighted by atomic mass is 19.3. The average molecular weight is 451 g/mol. The molecule has 1 aromatic carbocycles. The zero-order valence-corrected chi connectivity index (χ0v) is 17.6. The molecule has 2 aliphatic rings. The molecule has 0 amide bonds. The monoisotopic (exact) mass is 451 g/mol. The SMILES string of the molecule is C=CC1(Nc2cc3c(Nc4cc(C)[nH]n4)nc(C(F)(F)c4ccc(F)cc4)nn3c2)C2CC21. The van der Waals surface area contributed by atoms with E-state index in [2.05, 4.69) is 37.5 Å². The Bertz CT molecular complexity index is 1380. The van der Waals surface area contributed by atoms with E-state index in [0.29, 0.717) is 23.2 Å². The van der Waals surface area contributed by atoms with Crippen LogP contribution in [0.5, 0.6) is 0 Å². The first-order valence-corrected chi connectivity index (χ1v) is 10.6. The van der Waals surface area contributed by atoms with Gasteiger partial charge in [-0.1, -0.05) is 6.08 Å². The number of nitrogens with one attached hydrogen (secondary N) is 3. The average Bonchev–Trinajstić information content (AvgIpc) is 3.60. The van der Waals surface area contributed by atoms with Crippen molar-refractivity contribution >= 4 is 22.8 Å². The first kappa shape index (κ1) is 19.8. The molecule has 2 saturated carbocycles. The zero-order valence-electron chi connectivity index (χ0n) is 17.6. The number of fused-ring (bicyclic) bond motifs is 2. The summed E-state index contributed by atoms with van der Waals surface area (Å²) in [6.45, 7) is 5.77. The van der Waals surface area contributed by atoms with Gasteiger partial charge in [0.2, 0.25) is 5.82 Å². The van der Waals surface area contributed by atoms with Crippen LogP contribution in [0.25, 0.3) is 5.52 Å². The van der Waals surface area contributed by atoms with E-state index in [4.69, 9.17) is 0 Å². The quantitative estimate of drug-likeness (QED) is 0.353. The maximum absolute atomic E-state index is 15.3. The zero-order chi connectivity index (χ0) is 23.0. The molecule has 0 radical (unpaired) electrons. The molecule has 3 N–H and O–H groups in total. The fourth-order valence-corrected chi connectivity index (χ4v) is 4.46. The van der Waals surface area contributed by atoms with Crippen molar-refractivity contribution in [2.24, 2.45) is 11.8 Å². The van der Waals surface area contributed by atoms with Crippen LogP contribution in [-0.4, -0.2) is 30.3 Å². The van der Waals surface area contributed by atoms with E-state index in [1.54, 1.807) is 12.3 Å². The molecule has 3 aromatic heterocycles. The van der Waals surface area contributed by atoms with Gasteiger partial charge in [-0.3, -0.25) is 5.10 Å². The van der Waals surface area contributed by atoms with E-state index in [0.717, 1.165) is 35.6 Å². The first-order valence-electron chi connectivity index (χ1n) is 10.6. The van der Waals surface area contributed by atoms with Crippen molar-refractivity contribution in [1.29, 1.82) is 0 Å². The molecule has 4 aromatic rings. The van der Waals surface area contributed by atoms with Gasteiger partial charge in [-0.25, -0.2) is 13.9 Å². The second-order valence-electron chi connectivity index (χ2n) is 8.70. The number of aromatic nitrogens is 5. The number of nitrogens with zero attached hydrogens (tertiary/aromatic N) is 4. The highest BCUT2D eigenvalue weighted by Crippen LogP contribution is 2.72. The molecule has 2 fully saturated rings. The fourth-order valence-electron chi connectivity index (χ4n) is 4.46. The van der Waals surface area contributed by atoms with E-state index in [1.807, 2.05) is 19.1 Å². The van der Waals surface area contributed by atoms with E-state index >= 15 is 8.78 Å². The van der Waals surface area contributed by atoms with Gasteiger partial charge >= 0.3 is 5.92 Å². The predicted molar refractivity (Wildman–Crippen MR) is 117 cm³/mol. The molecule has 0 spiro atoms. The van der Waals surface area contributed by atoms with Gasteiger partial charge in [0.25, 0.3) is 0 Å². The summed E-state index contributed by atoms with van der Waals surface area (Å²) >= 11 is 0. The minimum Gasteiger partial charge on any atom is -0.374 e. The van der Waals surface area contributed by atoms with Gasteiger partial charge in [-0.15, -0.1) is 11.7 Å². The third kappa shape index (κ3) is 3.08. The van der Waals surface area contributed by atoms with Crippen LogP contribution in [0.3, 0.4) is 0 Å². The van der Waals surface area contributed by atoms with Crippen molar-refractivity contribution in [2.45, 2.75) is 24.8 Å². The molecule has 2 unspecified atom stereocenters. The van der Waals surface area contributed by atoms with Crippen LogP contribution in [0, 0.1) is 24.6 Å². The summed E-state index contributed by atoms with van der Waals surface area (Å²) in [5.41, 5.74) is 1.51. The molecular formula is C23H20F3N7. The molecule has 10 heteroatoms. The number of anilines is 3. The van der Waals surface area contributed by atoms with Gasteiger partial charge in [0.05, 0.1) is 17.4 Å². The van der Waals surface area contributed by atoms with Crippen LogP contribution in [0.4, 0.5) is 30.5 Å². The molecule has 0 aliphatic heterocycles. The lowest BCUT2D eigenvalue weighted by Crippen LogP contribution is -2.26. The Hall–Kier alpha value is -3.82. The standard InChI is InChI=1S/C23H20F3N7/c1-3-22(16-10-17(16)22)29-15-9-18-20(27-19-8-12(2)30-31-19)28-21(32-33(18)11-15)23(25,26)13-4-6-14(24)7-5-13/h3-9,11,16-17,29H,1,10H2,2H3,(H2,27,28,30,31,32). The van der Waals surface area contributed by atoms with Crippen LogP contribution in [-0.2, 0) is 5.92 Å². The Labute approximate surface area is 186 Å². The summed E-state index contributed by atoms with van der Waals surface area (Å²) in [7, 11) is 0. The number of rotatable bonds is 7. The Morgan fingerprint density at radius 1 is 1.24 bits per heavy atom. The summed E-state index contributed by atoms with van der Waals surface area (Å²) < 4.78 is 45.3. The largest absolute Gasteiger partial charge is 0.374 e. The summed E-state index contributed by atoms with van der Waals surface area (Å²) in [6.07, 6.45) is 4.75. The smallest absolute Gasteiger partial charge is 0.333 e. The lowest BCUT2D eigenvalue weighted by atomic mass is 10.1. The van der Waals surface area contributed by atoms with Crippen molar-refractivity contribution in [3.8, 4) is 0 Å². The minimum absolute atomic E-state index is 0.133. The summed E-state index contributed by atoms with van der Waals surface area (Å²) in [5, 5.41) is 17.5. The lowest BCUT2D eigenvalue weighted by molar-refractivity contribution is 0.0315. The summed E-state index contributed by atoms with van der Waals surface area (Å²) in [6, 6.07) is 7.58. The topological polar surface area (TPSA) is 82.9 Å². The number of aryl methyl sites for hydroxylation is 1. The van der Waals surface area contributed by atoms with Crippen LogP contribution in [0.15, 0.2) is 55.3 Å². The molecule has 2 atom stereocenters. The number of H-pyrrole nitrogens is 1. The molecular weight excluding hydrogens is 431 g/mol. The second-order valence-corrected chi connectivity index (χ2v) is 8.70. The third-order valence-electron chi connectivity index (χ3n) is 6.51. The van der Waals surface area contributed by atoms with E-state index < -0.39 is 23.1 Å². The number of hydrogen-bond acceptors (Lipinski definition) is 5. The van der Waals surface area contributed by atoms with Gasteiger partial charge in [0.1, 0.15) is 11.3 Å². The Balaban J connectivity index is 1.44.